The predicted octanol–water partition coefficient (Wildman–Crippen LogP) is 4.51. The summed E-state index contributed by atoms with van der Waals surface area (Å²) in [6.45, 7) is 2.15. The zero-order valence-electron chi connectivity index (χ0n) is 10.1. The van der Waals surface area contributed by atoms with Gasteiger partial charge in [0, 0.05) is 11.3 Å². The topological polar surface area (TPSA) is 3.24 Å². The fourth-order valence-electron chi connectivity index (χ4n) is 2.22. The molecule has 2 aromatic carbocycles. The highest BCUT2D eigenvalue weighted by Crippen LogP contribution is 2.38. The first-order valence-electron chi connectivity index (χ1n) is 5.87. The zero-order chi connectivity index (χ0) is 12.5. The van der Waals surface area contributed by atoms with Gasteiger partial charge in [-0.25, -0.2) is 0 Å². The molecule has 0 amide bonds. The maximum atomic E-state index is 5.43. The van der Waals surface area contributed by atoms with E-state index in [0.29, 0.717) is 0 Å². The monoisotopic (exact) mass is 271 g/mol. The smallest absolute Gasteiger partial charge is 0.0816 e. The molecule has 1 heterocycles. The number of hydrogen-bond acceptors (Lipinski definition) is 3. The molecule has 0 fully saturated rings. The van der Waals surface area contributed by atoms with Gasteiger partial charge < -0.3 is 4.90 Å². The van der Waals surface area contributed by atoms with Gasteiger partial charge >= 0.3 is 0 Å². The maximum absolute atomic E-state index is 5.43. The Balaban J connectivity index is 2.13. The van der Waals surface area contributed by atoms with Crippen LogP contribution in [0.1, 0.15) is 11.1 Å². The third-order valence-corrected chi connectivity index (χ3v) is 4.59. The Morgan fingerprint density at radius 2 is 1.67 bits per heavy atom. The molecule has 0 bridgehead atoms. The van der Waals surface area contributed by atoms with Crippen LogP contribution in [0.2, 0.25) is 0 Å². The van der Waals surface area contributed by atoms with Gasteiger partial charge in [0.15, 0.2) is 0 Å². The van der Waals surface area contributed by atoms with E-state index in [9.17, 15) is 0 Å². The Morgan fingerprint density at radius 3 is 2.44 bits per heavy atom. The summed E-state index contributed by atoms with van der Waals surface area (Å²) in [6.07, 6.45) is 0. The lowest BCUT2D eigenvalue weighted by molar-refractivity contribution is 1.15. The number of hydrogen-bond donors (Lipinski definition) is 0. The van der Waals surface area contributed by atoms with E-state index in [1.807, 2.05) is 6.07 Å². The second-order valence-electron chi connectivity index (χ2n) is 4.29. The number of nitrogens with zero attached hydrogens (tertiary/aromatic N) is 1. The van der Waals surface area contributed by atoms with Crippen molar-refractivity contribution < 1.29 is 0 Å². The molecule has 0 radical (unpaired) electrons. The molecule has 1 aliphatic heterocycles. The Morgan fingerprint density at radius 1 is 1.00 bits per heavy atom. The van der Waals surface area contributed by atoms with Crippen LogP contribution in [0.3, 0.4) is 0 Å². The van der Waals surface area contributed by atoms with Gasteiger partial charge in [-0.15, -0.1) is 0 Å². The van der Waals surface area contributed by atoms with Gasteiger partial charge in [0.25, 0.3) is 0 Å². The largest absolute Gasteiger partial charge is 0.330 e. The molecule has 1 aliphatic rings. The number of para-hydroxylation sites is 2. The van der Waals surface area contributed by atoms with Gasteiger partial charge in [0.1, 0.15) is 0 Å². The van der Waals surface area contributed by atoms with E-state index in [1.54, 1.807) is 11.8 Å². The summed E-state index contributed by atoms with van der Waals surface area (Å²) in [4.78, 5) is 2.34. The highest BCUT2D eigenvalue weighted by Gasteiger charge is 2.22. The quantitative estimate of drug-likeness (QED) is 0.702. The first kappa shape index (κ1) is 11.8. The SMILES string of the molecule is Cc1ccccc1N1CSC(=S)c2ccccc21. The molecular formula is C15H13NS2. The Hall–Kier alpha value is -1.32. The molecule has 0 aliphatic carbocycles. The maximum Gasteiger partial charge on any atom is 0.0816 e. The molecule has 18 heavy (non-hydrogen) atoms. The lowest BCUT2D eigenvalue weighted by atomic mass is 10.1. The van der Waals surface area contributed by atoms with Crippen LogP contribution in [0.15, 0.2) is 48.5 Å². The summed E-state index contributed by atoms with van der Waals surface area (Å²) in [6, 6.07) is 16.9. The standard InChI is InChI=1S/C15H13NS2/c1-11-6-2-4-8-13(11)16-10-18-15(17)12-7-3-5-9-14(12)16/h2-9H,10H2,1H3. The molecule has 3 heteroatoms. The average Bonchev–Trinajstić information content (AvgIpc) is 2.41. The van der Waals surface area contributed by atoms with Crippen LogP contribution in [0.5, 0.6) is 0 Å². The number of fused-ring (bicyclic) bond motifs is 1. The normalized spacial score (nSPS) is 14.5. The molecule has 0 N–H and O–H groups in total. The minimum Gasteiger partial charge on any atom is -0.330 e. The van der Waals surface area contributed by atoms with Crippen molar-refractivity contribution in [2.24, 2.45) is 0 Å². The van der Waals surface area contributed by atoms with Crippen LogP contribution >= 0.6 is 24.0 Å². The van der Waals surface area contributed by atoms with Gasteiger partial charge in [0.05, 0.1) is 15.8 Å². The highest BCUT2D eigenvalue weighted by molar-refractivity contribution is 8.23. The molecule has 3 rings (SSSR count). The summed E-state index contributed by atoms with van der Waals surface area (Å²) < 4.78 is 0.996. The van der Waals surface area contributed by atoms with E-state index in [1.165, 1.54) is 22.5 Å². The lowest BCUT2D eigenvalue weighted by Crippen LogP contribution is -2.24. The molecule has 0 atom stereocenters. The number of thiocarbonyl (C=S) groups is 1. The summed E-state index contributed by atoms with van der Waals surface area (Å²) in [5, 5.41) is 0. The van der Waals surface area contributed by atoms with Crippen molar-refractivity contribution in [3.8, 4) is 0 Å². The highest BCUT2D eigenvalue weighted by atomic mass is 32.2. The van der Waals surface area contributed by atoms with Crippen LogP contribution < -0.4 is 4.90 Å². The molecule has 0 saturated heterocycles. The van der Waals surface area contributed by atoms with Crippen molar-refractivity contribution in [1.82, 2.24) is 0 Å². The van der Waals surface area contributed by atoms with E-state index in [0.717, 1.165) is 10.1 Å². The summed E-state index contributed by atoms with van der Waals surface area (Å²) in [7, 11) is 0. The molecule has 0 spiro atoms. The van der Waals surface area contributed by atoms with Gasteiger partial charge in [-0.3, -0.25) is 0 Å². The van der Waals surface area contributed by atoms with Gasteiger partial charge in [-0.2, -0.15) is 0 Å². The van der Waals surface area contributed by atoms with Gasteiger partial charge in [0.2, 0.25) is 0 Å². The van der Waals surface area contributed by atoms with Crippen molar-refractivity contribution in [3.05, 3.63) is 59.7 Å². The van der Waals surface area contributed by atoms with Crippen LogP contribution in [0.25, 0.3) is 0 Å². The van der Waals surface area contributed by atoms with Crippen molar-refractivity contribution in [2.45, 2.75) is 6.92 Å². The first-order valence-corrected chi connectivity index (χ1v) is 7.26. The van der Waals surface area contributed by atoms with Gasteiger partial charge in [-0.1, -0.05) is 60.4 Å². The van der Waals surface area contributed by atoms with E-state index >= 15 is 0 Å². The number of aryl methyl sites for hydroxylation is 1. The number of anilines is 2. The zero-order valence-corrected chi connectivity index (χ0v) is 11.7. The van der Waals surface area contributed by atoms with Crippen LogP contribution in [0, 0.1) is 6.92 Å². The van der Waals surface area contributed by atoms with Crippen LogP contribution in [-0.4, -0.2) is 10.1 Å². The fraction of sp³-hybridized carbons (Fsp3) is 0.133. The van der Waals surface area contributed by atoms with Crippen molar-refractivity contribution in [1.29, 1.82) is 0 Å². The molecule has 0 unspecified atom stereocenters. The lowest BCUT2D eigenvalue weighted by Gasteiger charge is -2.32. The fourth-order valence-corrected chi connectivity index (χ4v) is 3.40. The van der Waals surface area contributed by atoms with Crippen LogP contribution in [-0.2, 0) is 0 Å². The average molecular weight is 271 g/mol. The number of rotatable bonds is 1. The molecule has 2 aromatic rings. The minimum atomic E-state index is 0.890. The Bertz CT molecular complexity index is 607. The Labute approximate surface area is 117 Å². The summed E-state index contributed by atoms with van der Waals surface area (Å²) in [5.74, 6) is 0.890. The second kappa shape index (κ2) is 4.75. The Kier molecular flexibility index (Phi) is 3.10. The molecular weight excluding hydrogens is 258 g/mol. The van der Waals surface area contributed by atoms with Gasteiger partial charge in [-0.05, 0) is 24.6 Å². The predicted molar refractivity (Wildman–Crippen MR) is 83.9 cm³/mol. The third-order valence-electron chi connectivity index (χ3n) is 3.15. The van der Waals surface area contributed by atoms with Crippen LogP contribution in [0.4, 0.5) is 11.4 Å². The minimum absolute atomic E-state index is 0.890. The van der Waals surface area contributed by atoms with E-state index in [4.69, 9.17) is 12.2 Å². The number of thioether (sulfide) groups is 1. The summed E-state index contributed by atoms with van der Waals surface area (Å²) >= 11 is 7.16. The molecule has 0 saturated carbocycles. The molecule has 90 valence electrons. The van der Waals surface area contributed by atoms with Crippen molar-refractivity contribution in [2.75, 3.05) is 10.8 Å². The number of benzene rings is 2. The summed E-state index contributed by atoms with van der Waals surface area (Å²) in [5.41, 5.74) is 4.95. The van der Waals surface area contributed by atoms with Crippen molar-refractivity contribution in [3.63, 3.8) is 0 Å². The van der Waals surface area contributed by atoms with Crippen molar-refractivity contribution >= 4 is 39.6 Å². The molecule has 1 nitrogen and oxygen atoms in total. The molecule has 0 aromatic heterocycles. The second-order valence-corrected chi connectivity index (χ2v) is 5.91. The van der Waals surface area contributed by atoms with E-state index < -0.39 is 0 Å². The van der Waals surface area contributed by atoms with E-state index in [2.05, 4.69) is 54.3 Å². The van der Waals surface area contributed by atoms with E-state index in [-0.39, 0.29) is 0 Å². The third kappa shape index (κ3) is 1.93. The first-order chi connectivity index (χ1) is 8.77.